The zero-order chi connectivity index (χ0) is 13.3. The van der Waals surface area contributed by atoms with Crippen LogP contribution in [0.2, 0.25) is 0 Å². The summed E-state index contributed by atoms with van der Waals surface area (Å²) in [7, 11) is 5.73. The summed E-state index contributed by atoms with van der Waals surface area (Å²) < 4.78 is 0. The average Bonchev–Trinajstić information content (AvgIpc) is 3.11. The highest BCUT2D eigenvalue weighted by Crippen LogP contribution is 2.30. The molecule has 1 aromatic rings. The Bertz CT molecular complexity index is 452. The highest BCUT2D eigenvalue weighted by molar-refractivity contribution is 6.00. The van der Waals surface area contributed by atoms with Gasteiger partial charge in [-0.3, -0.25) is 4.79 Å². The van der Waals surface area contributed by atoms with Crippen molar-refractivity contribution in [3.63, 3.8) is 0 Å². The maximum atomic E-state index is 12.4. The number of nitrogen functional groups attached to an aromatic ring is 1. The van der Waals surface area contributed by atoms with Gasteiger partial charge in [0, 0.05) is 39.1 Å². The predicted octanol–water partition coefficient (Wildman–Crippen LogP) is 1.82. The van der Waals surface area contributed by atoms with Gasteiger partial charge in [0.15, 0.2) is 0 Å². The Kier molecular flexibility index (Phi) is 3.45. The van der Waals surface area contributed by atoms with Crippen molar-refractivity contribution in [2.75, 3.05) is 38.3 Å². The van der Waals surface area contributed by atoms with Crippen LogP contribution >= 0.6 is 0 Å². The summed E-state index contributed by atoms with van der Waals surface area (Å²) in [4.78, 5) is 16.2. The lowest BCUT2D eigenvalue weighted by Crippen LogP contribution is -2.30. The van der Waals surface area contributed by atoms with Gasteiger partial charge in [0.2, 0.25) is 0 Å². The molecule has 1 saturated carbocycles. The van der Waals surface area contributed by atoms with Gasteiger partial charge in [0.05, 0.1) is 5.56 Å². The van der Waals surface area contributed by atoms with Gasteiger partial charge >= 0.3 is 0 Å². The van der Waals surface area contributed by atoms with Gasteiger partial charge in [-0.05, 0) is 37.0 Å². The Labute approximate surface area is 108 Å². The quantitative estimate of drug-likeness (QED) is 0.826. The zero-order valence-electron chi connectivity index (χ0n) is 11.3. The van der Waals surface area contributed by atoms with Crippen molar-refractivity contribution >= 4 is 17.3 Å². The molecule has 0 aliphatic heterocycles. The van der Waals surface area contributed by atoms with Crippen molar-refractivity contribution in [2.45, 2.75) is 12.8 Å². The van der Waals surface area contributed by atoms with Crippen molar-refractivity contribution < 1.29 is 4.79 Å². The average molecular weight is 247 g/mol. The van der Waals surface area contributed by atoms with Crippen LogP contribution < -0.4 is 10.6 Å². The van der Waals surface area contributed by atoms with Gasteiger partial charge < -0.3 is 15.5 Å². The van der Waals surface area contributed by atoms with E-state index in [9.17, 15) is 4.79 Å². The fraction of sp³-hybridized carbons (Fsp3) is 0.500. The first-order valence-electron chi connectivity index (χ1n) is 6.31. The largest absolute Gasteiger partial charge is 0.399 e. The summed E-state index contributed by atoms with van der Waals surface area (Å²) in [6.45, 7) is 0.848. The molecule has 0 aromatic heterocycles. The Morgan fingerprint density at radius 2 is 2.00 bits per heavy atom. The minimum atomic E-state index is 0.0536. The van der Waals surface area contributed by atoms with Crippen LogP contribution in [0, 0.1) is 5.92 Å². The SMILES string of the molecule is CN(CC1CC1)C(=O)c1cc(N)ccc1N(C)C. The van der Waals surface area contributed by atoms with E-state index in [1.165, 1.54) is 12.8 Å². The number of carbonyl (C=O) groups excluding carboxylic acids is 1. The molecule has 2 rings (SSSR count). The molecule has 0 radical (unpaired) electrons. The van der Waals surface area contributed by atoms with Gasteiger partial charge in [-0.15, -0.1) is 0 Å². The number of hydrogen-bond acceptors (Lipinski definition) is 3. The normalized spacial score (nSPS) is 14.4. The lowest BCUT2D eigenvalue weighted by molar-refractivity contribution is 0.0789. The van der Waals surface area contributed by atoms with Gasteiger partial charge in [-0.2, -0.15) is 0 Å². The number of nitrogens with two attached hydrogens (primary N) is 1. The van der Waals surface area contributed by atoms with E-state index >= 15 is 0 Å². The number of hydrogen-bond donors (Lipinski definition) is 1. The van der Waals surface area contributed by atoms with E-state index in [1.807, 2.05) is 38.2 Å². The molecule has 0 atom stereocenters. The standard InChI is InChI=1S/C14H21N3O/c1-16(2)13-7-6-11(15)8-12(13)14(18)17(3)9-10-4-5-10/h6-8,10H,4-5,9,15H2,1-3H3. The minimum absolute atomic E-state index is 0.0536. The fourth-order valence-electron chi connectivity index (χ4n) is 2.09. The van der Waals surface area contributed by atoms with Gasteiger partial charge in [0.1, 0.15) is 0 Å². The van der Waals surface area contributed by atoms with Crippen molar-refractivity contribution in [3.05, 3.63) is 23.8 Å². The van der Waals surface area contributed by atoms with E-state index < -0.39 is 0 Å². The molecule has 1 amide bonds. The first-order valence-corrected chi connectivity index (χ1v) is 6.31. The molecule has 98 valence electrons. The maximum Gasteiger partial charge on any atom is 0.255 e. The van der Waals surface area contributed by atoms with E-state index in [2.05, 4.69) is 0 Å². The number of carbonyl (C=O) groups is 1. The van der Waals surface area contributed by atoms with Gasteiger partial charge in [-0.1, -0.05) is 0 Å². The summed E-state index contributed by atoms with van der Waals surface area (Å²) >= 11 is 0. The number of nitrogens with zero attached hydrogens (tertiary/aromatic N) is 2. The molecule has 1 aromatic carbocycles. The number of amides is 1. The molecule has 18 heavy (non-hydrogen) atoms. The summed E-state index contributed by atoms with van der Waals surface area (Å²) in [6.07, 6.45) is 2.49. The van der Waals surface area contributed by atoms with Crippen LogP contribution in [0.15, 0.2) is 18.2 Å². The molecular weight excluding hydrogens is 226 g/mol. The molecule has 0 saturated heterocycles. The molecule has 0 unspecified atom stereocenters. The lowest BCUT2D eigenvalue weighted by atomic mass is 10.1. The summed E-state index contributed by atoms with van der Waals surface area (Å²) in [5, 5.41) is 0. The smallest absolute Gasteiger partial charge is 0.255 e. The lowest BCUT2D eigenvalue weighted by Gasteiger charge is -2.22. The number of anilines is 2. The molecular formula is C14H21N3O. The fourth-order valence-corrected chi connectivity index (χ4v) is 2.09. The maximum absolute atomic E-state index is 12.4. The Morgan fingerprint density at radius 3 is 2.56 bits per heavy atom. The van der Waals surface area contributed by atoms with Crippen molar-refractivity contribution in [2.24, 2.45) is 5.92 Å². The van der Waals surface area contributed by atoms with Crippen LogP contribution in [0.3, 0.4) is 0 Å². The third kappa shape index (κ3) is 2.75. The van der Waals surface area contributed by atoms with Crippen molar-refractivity contribution in [1.82, 2.24) is 4.90 Å². The second kappa shape index (κ2) is 4.88. The van der Waals surface area contributed by atoms with E-state index in [4.69, 9.17) is 5.73 Å². The van der Waals surface area contributed by atoms with Gasteiger partial charge in [0.25, 0.3) is 5.91 Å². The third-order valence-electron chi connectivity index (χ3n) is 3.31. The van der Waals surface area contributed by atoms with E-state index in [0.29, 0.717) is 17.2 Å². The van der Waals surface area contributed by atoms with Crippen LogP contribution in [-0.2, 0) is 0 Å². The molecule has 4 nitrogen and oxygen atoms in total. The van der Waals surface area contributed by atoms with E-state index in [1.54, 1.807) is 11.0 Å². The van der Waals surface area contributed by atoms with Crippen LogP contribution in [0.4, 0.5) is 11.4 Å². The van der Waals surface area contributed by atoms with Crippen LogP contribution in [0.25, 0.3) is 0 Å². The number of benzene rings is 1. The molecule has 0 spiro atoms. The topological polar surface area (TPSA) is 49.6 Å². The first kappa shape index (κ1) is 12.7. The monoisotopic (exact) mass is 247 g/mol. The zero-order valence-corrected chi connectivity index (χ0v) is 11.3. The second-order valence-corrected chi connectivity index (χ2v) is 5.30. The van der Waals surface area contributed by atoms with Crippen LogP contribution in [0.5, 0.6) is 0 Å². The Balaban J connectivity index is 2.24. The van der Waals surface area contributed by atoms with Gasteiger partial charge in [-0.25, -0.2) is 0 Å². The second-order valence-electron chi connectivity index (χ2n) is 5.30. The minimum Gasteiger partial charge on any atom is -0.399 e. The molecule has 0 bridgehead atoms. The molecule has 1 fully saturated rings. The van der Waals surface area contributed by atoms with Crippen molar-refractivity contribution in [3.8, 4) is 0 Å². The Morgan fingerprint density at radius 1 is 1.33 bits per heavy atom. The highest BCUT2D eigenvalue weighted by atomic mass is 16.2. The molecule has 2 N–H and O–H groups in total. The van der Waals surface area contributed by atoms with Crippen LogP contribution in [-0.4, -0.2) is 38.5 Å². The molecule has 4 heteroatoms. The first-order chi connectivity index (χ1) is 8.49. The van der Waals surface area contributed by atoms with Crippen LogP contribution in [0.1, 0.15) is 23.2 Å². The van der Waals surface area contributed by atoms with E-state index in [0.717, 1.165) is 12.2 Å². The predicted molar refractivity (Wildman–Crippen MR) is 74.9 cm³/mol. The highest BCUT2D eigenvalue weighted by Gasteiger charge is 2.26. The number of rotatable bonds is 4. The summed E-state index contributed by atoms with van der Waals surface area (Å²) in [6, 6.07) is 5.49. The third-order valence-corrected chi connectivity index (χ3v) is 3.31. The summed E-state index contributed by atoms with van der Waals surface area (Å²) in [5.41, 5.74) is 8.02. The molecule has 1 aliphatic rings. The summed E-state index contributed by atoms with van der Waals surface area (Å²) in [5.74, 6) is 0.751. The Hall–Kier alpha value is -1.71. The molecule has 1 aliphatic carbocycles. The van der Waals surface area contributed by atoms with Crippen molar-refractivity contribution in [1.29, 1.82) is 0 Å². The van der Waals surface area contributed by atoms with E-state index in [-0.39, 0.29) is 5.91 Å². The molecule has 0 heterocycles.